The van der Waals surface area contributed by atoms with Crippen molar-refractivity contribution >= 4 is 0 Å². The molecule has 1 fully saturated rings. The van der Waals surface area contributed by atoms with Gasteiger partial charge in [0, 0.05) is 5.54 Å². The molecular weight excluding hydrogens is 165 g/mol. The van der Waals surface area contributed by atoms with E-state index in [0.717, 1.165) is 18.4 Å². The van der Waals surface area contributed by atoms with Crippen LogP contribution >= 0.6 is 0 Å². The lowest BCUT2D eigenvalue weighted by Crippen LogP contribution is -2.24. The number of hydrogen-bond acceptors (Lipinski definition) is 1. The average molecular weight is 179 g/mol. The first-order chi connectivity index (χ1) is 6.18. The molecule has 13 heavy (non-hydrogen) atoms. The Kier molecular flexibility index (Phi) is 1.88. The van der Waals surface area contributed by atoms with Crippen molar-refractivity contribution < 1.29 is 4.39 Å². The number of nitrogens with one attached hydrogen (secondary N) is 1. The largest absolute Gasteiger partial charge is 0.310 e. The molecule has 1 aromatic rings. The van der Waals surface area contributed by atoms with Gasteiger partial charge < -0.3 is 5.32 Å². The highest BCUT2D eigenvalue weighted by Gasteiger charge is 2.42. The van der Waals surface area contributed by atoms with Crippen LogP contribution in [0.4, 0.5) is 4.39 Å². The maximum atomic E-state index is 13.0. The summed E-state index contributed by atoms with van der Waals surface area (Å²) in [4.78, 5) is 0. The Hall–Kier alpha value is -0.890. The van der Waals surface area contributed by atoms with E-state index in [4.69, 9.17) is 0 Å². The fraction of sp³-hybridized carbons (Fsp3) is 0.455. The number of rotatable bonds is 2. The van der Waals surface area contributed by atoms with Crippen LogP contribution < -0.4 is 5.32 Å². The number of aryl methyl sites for hydroxylation is 1. The van der Waals surface area contributed by atoms with Gasteiger partial charge in [0.25, 0.3) is 0 Å². The van der Waals surface area contributed by atoms with E-state index in [-0.39, 0.29) is 11.4 Å². The van der Waals surface area contributed by atoms with Crippen LogP contribution in [-0.4, -0.2) is 7.05 Å². The van der Waals surface area contributed by atoms with Crippen molar-refractivity contribution in [2.45, 2.75) is 25.3 Å². The van der Waals surface area contributed by atoms with Crippen LogP contribution in [-0.2, 0) is 5.54 Å². The van der Waals surface area contributed by atoms with Crippen LogP contribution in [0.3, 0.4) is 0 Å². The predicted octanol–water partition coefficient (Wildman–Crippen LogP) is 2.34. The minimum Gasteiger partial charge on any atom is -0.310 e. The van der Waals surface area contributed by atoms with Gasteiger partial charge in [-0.25, -0.2) is 4.39 Å². The molecule has 0 spiro atoms. The fourth-order valence-electron chi connectivity index (χ4n) is 1.75. The van der Waals surface area contributed by atoms with Crippen molar-refractivity contribution in [1.29, 1.82) is 0 Å². The van der Waals surface area contributed by atoms with Crippen molar-refractivity contribution in [1.82, 2.24) is 5.32 Å². The van der Waals surface area contributed by atoms with Crippen LogP contribution in [0.25, 0.3) is 0 Å². The zero-order chi connectivity index (χ0) is 9.47. The standard InChI is InChI=1S/C11H14FN/c1-8-7-9(3-4-10(8)12)11(13-2)5-6-11/h3-4,7,13H,5-6H2,1-2H3. The van der Waals surface area contributed by atoms with Crippen LogP contribution in [0.15, 0.2) is 18.2 Å². The number of hydrogen-bond donors (Lipinski definition) is 1. The molecule has 0 unspecified atom stereocenters. The molecule has 0 bridgehead atoms. The smallest absolute Gasteiger partial charge is 0.126 e. The topological polar surface area (TPSA) is 12.0 Å². The van der Waals surface area contributed by atoms with E-state index in [2.05, 4.69) is 5.32 Å². The van der Waals surface area contributed by atoms with E-state index < -0.39 is 0 Å². The average Bonchev–Trinajstić information content (AvgIpc) is 2.90. The predicted molar refractivity (Wildman–Crippen MR) is 51.1 cm³/mol. The third-order valence-corrected chi connectivity index (χ3v) is 2.94. The molecule has 0 radical (unpaired) electrons. The van der Waals surface area contributed by atoms with Gasteiger partial charge in [0.2, 0.25) is 0 Å². The van der Waals surface area contributed by atoms with Gasteiger partial charge in [0.15, 0.2) is 0 Å². The Labute approximate surface area is 78.0 Å². The van der Waals surface area contributed by atoms with Gasteiger partial charge in [-0.1, -0.05) is 12.1 Å². The van der Waals surface area contributed by atoms with E-state index >= 15 is 0 Å². The summed E-state index contributed by atoms with van der Waals surface area (Å²) < 4.78 is 13.0. The van der Waals surface area contributed by atoms with E-state index in [9.17, 15) is 4.39 Å². The Morgan fingerprint density at radius 3 is 2.54 bits per heavy atom. The van der Waals surface area contributed by atoms with Crippen molar-refractivity contribution in [3.05, 3.63) is 35.1 Å². The van der Waals surface area contributed by atoms with E-state index in [1.54, 1.807) is 6.07 Å². The van der Waals surface area contributed by atoms with Gasteiger partial charge in [0.1, 0.15) is 5.82 Å². The third-order valence-electron chi connectivity index (χ3n) is 2.94. The first kappa shape index (κ1) is 8.70. The first-order valence-corrected chi connectivity index (χ1v) is 4.63. The van der Waals surface area contributed by atoms with Crippen LogP contribution in [0.5, 0.6) is 0 Å². The molecule has 1 aromatic carbocycles. The minimum absolute atomic E-state index is 0.115. The first-order valence-electron chi connectivity index (χ1n) is 4.63. The summed E-state index contributed by atoms with van der Waals surface area (Å²) in [6.45, 7) is 1.81. The van der Waals surface area contributed by atoms with Crippen LogP contribution in [0.2, 0.25) is 0 Å². The van der Waals surface area contributed by atoms with Gasteiger partial charge >= 0.3 is 0 Å². The molecular formula is C11H14FN. The van der Waals surface area contributed by atoms with E-state index in [1.807, 2.05) is 26.1 Å². The summed E-state index contributed by atoms with van der Waals surface area (Å²) in [6, 6.07) is 5.38. The second-order valence-corrected chi connectivity index (χ2v) is 3.80. The van der Waals surface area contributed by atoms with E-state index in [1.165, 1.54) is 5.56 Å². The highest BCUT2D eigenvalue weighted by Crippen LogP contribution is 2.45. The molecule has 0 amide bonds. The second-order valence-electron chi connectivity index (χ2n) is 3.80. The Morgan fingerprint density at radius 1 is 1.38 bits per heavy atom. The monoisotopic (exact) mass is 179 g/mol. The fourth-order valence-corrected chi connectivity index (χ4v) is 1.75. The molecule has 0 saturated heterocycles. The Balaban J connectivity index is 2.37. The summed E-state index contributed by atoms with van der Waals surface area (Å²) in [7, 11) is 1.96. The zero-order valence-corrected chi connectivity index (χ0v) is 8.02. The summed E-state index contributed by atoms with van der Waals surface area (Å²) in [5.41, 5.74) is 2.10. The molecule has 2 rings (SSSR count). The lowest BCUT2D eigenvalue weighted by Gasteiger charge is -2.15. The highest BCUT2D eigenvalue weighted by molar-refractivity contribution is 5.33. The van der Waals surface area contributed by atoms with Crippen molar-refractivity contribution in [2.24, 2.45) is 0 Å². The maximum Gasteiger partial charge on any atom is 0.126 e. The normalized spacial score (nSPS) is 18.7. The van der Waals surface area contributed by atoms with E-state index in [0.29, 0.717) is 0 Å². The zero-order valence-electron chi connectivity index (χ0n) is 8.02. The van der Waals surface area contributed by atoms with Gasteiger partial charge in [-0.15, -0.1) is 0 Å². The molecule has 0 heterocycles. The van der Waals surface area contributed by atoms with Gasteiger partial charge in [-0.3, -0.25) is 0 Å². The second kappa shape index (κ2) is 2.81. The Morgan fingerprint density at radius 2 is 2.08 bits per heavy atom. The molecule has 0 aliphatic heterocycles. The van der Waals surface area contributed by atoms with Gasteiger partial charge in [0.05, 0.1) is 0 Å². The summed E-state index contributed by atoms with van der Waals surface area (Å²) in [5.74, 6) is -0.115. The molecule has 0 atom stereocenters. The molecule has 1 aliphatic rings. The number of benzene rings is 1. The summed E-state index contributed by atoms with van der Waals surface area (Å²) >= 11 is 0. The van der Waals surface area contributed by atoms with Crippen LogP contribution in [0.1, 0.15) is 24.0 Å². The molecule has 0 aromatic heterocycles. The number of halogens is 1. The van der Waals surface area contributed by atoms with Gasteiger partial charge in [-0.2, -0.15) is 0 Å². The lowest BCUT2D eigenvalue weighted by molar-refractivity contribution is 0.577. The summed E-state index contributed by atoms with van der Waals surface area (Å²) in [6.07, 6.45) is 2.32. The third kappa shape index (κ3) is 1.35. The van der Waals surface area contributed by atoms with Crippen molar-refractivity contribution in [2.75, 3.05) is 7.05 Å². The SMILES string of the molecule is CNC1(c2ccc(F)c(C)c2)CC1. The summed E-state index contributed by atoms with van der Waals surface area (Å²) in [5, 5.41) is 3.29. The van der Waals surface area contributed by atoms with Gasteiger partial charge in [-0.05, 0) is 44.0 Å². The maximum absolute atomic E-state index is 13.0. The van der Waals surface area contributed by atoms with Crippen molar-refractivity contribution in [3.63, 3.8) is 0 Å². The molecule has 1 aliphatic carbocycles. The molecule has 1 nitrogen and oxygen atoms in total. The molecule has 1 saturated carbocycles. The quantitative estimate of drug-likeness (QED) is 0.734. The molecule has 2 heteroatoms. The molecule has 1 N–H and O–H groups in total. The highest BCUT2D eigenvalue weighted by atomic mass is 19.1. The molecule has 70 valence electrons. The minimum atomic E-state index is -0.115. The van der Waals surface area contributed by atoms with Crippen molar-refractivity contribution in [3.8, 4) is 0 Å². The Bertz CT molecular complexity index is 329. The lowest BCUT2D eigenvalue weighted by atomic mass is 10.0. The van der Waals surface area contributed by atoms with Crippen LogP contribution in [0, 0.1) is 12.7 Å².